The molecule has 2 rings (SSSR count). The van der Waals surface area contributed by atoms with Crippen LogP contribution in [0.25, 0.3) is 0 Å². The van der Waals surface area contributed by atoms with Crippen LogP contribution in [-0.2, 0) is 6.54 Å². The highest BCUT2D eigenvalue weighted by Crippen LogP contribution is 2.31. The van der Waals surface area contributed by atoms with Gasteiger partial charge in [-0.1, -0.05) is 6.07 Å². The second-order valence-electron chi connectivity index (χ2n) is 4.37. The summed E-state index contributed by atoms with van der Waals surface area (Å²) in [5.41, 5.74) is 6.33. The van der Waals surface area contributed by atoms with Crippen LogP contribution < -0.4 is 15.4 Å². The number of rotatable bonds is 4. The minimum Gasteiger partial charge on any atom is -0.497 e. The first-order chi connectivity index (χ1) is 9.56. The zero-order valence-electron chi connectivity index (χ0n) is 11.4. The molecule has 2 aromatic rings. The molecular formula is C15H16F2N2O. The van der Waals surface area contributed by atoms with Gasteiger partial charge in [-0.3, -0.25) is 0 Å². The average Bonchev–Trinajstić information content (AvgIpc) is 2.46. The molecule has 0 unspecified atom stereocenters. The minimum absolute atomic E-state index is 0.0942. The Morgan fingerprint density at radius 2 is 1.80 bits per heavy atom. The second-order valence-corrected chi connectivity index (χ2v) is 4.37. The van der Waals surface area contributed by atoms with Crippen molar-refractivity contribution in [1.29, 1.82) is 0 Å². The van der Waals surface area contributed by atoms with Crippen LogP contribution >= 0.6 is 0 Å². The number of hydrogen-bond acceptors (Lipinski definition) is 3. The van der Waals surface area contributed by atoms with E-state index in [2.05, 4.69) is 0 Å². The monoisotopic (exact) mass is 278 g/mol. The van der Waals surface area contributed by atoms with Crippen molar-refractivity contribution in [3.8, 4) is 5.75 Å². The lowest BCUT2D eigenvalue weighted by molar-refractivity contribution is 0.415. The Labute approximate surface area is 116 Å². The fraction of sp³-hybridized carbons (Fsp3) is 0.200. The molecule has 0 spiro atoms. The topological polar surface area (TPSA) is 38.5 Å². The van der Waals surface area contributed by atoms with E-state index in [1.54, 1.807) is 31.3 Å². The number of ether oxygens (including phenoxy) is 1. The molecule has 2 N–H and O–H groups in total. The number of nitrogens with zero attached hydrogens (tertiary/aromatic N) is 1. The summed E-state index contributed by atoms with van der Waals surface area (Å²) in [6, 6.07) is 9.47. The maximum atomic E-state index is 14.0. The van der Waals surface area contributed by atoms with Crippen molar-refractivity contribution in [2.75, 3.05) is 19.1 Å². The molecule has 0 aliphatic rings. The quantitative estimate of drug-likeness (QED) is 0.933. The number of nitrogens with two attached hydrogens (primary N) is 1. The van der Waals surface area contributed by atoms with Crippen LogP contribution in [-0.4, -0.2) is 14.2 Å². The largest absolute Gasteiger partial charge is 0.497 e. The Hall–Kier alpha value is -2.14. The van der Waals surface area contributed by atoms with Gasteiger partial charge in [0.1, 0.15) is 23.1 Å². The number of hydrogen-bond donors (Lipinski definition) is 1. The van der Waals surface area contributed by atoms with Crippen LogP contribution in [0.15, 0.2) is 36.4 Å². The SMILES string of the molecule is COc1cccc(N(C)c2c(F)cc(CN)cc2F)c1. The van der Waals surface area contributed by atoms with E-state index in [4.69, 9.17) is 10.5 Å². The summed E-state index contributed by atoms with van der Waals surface area (Å²) in [5, 5.41) is 0. The molecular weight excluding hydrogens is 262 g/mol. The van der Waals surface area contributed by atoms with E-state index in [1.165, 1.54) is 24.1 Å². The van der Waals surface area contributed by atoms with E-state index >= 15 is 0 Å². The highest BCUT2D eigenvalue weighted by atomic mass is 19.1. The third-order valence-corrected chi connectivity index (χ3v) is 3.09. The van der Waals surface area contributed by atoms with Crippen LogP contribution in [0.5, 0.6) is 5.75 Å². The van der Waals surface area contributed by atoms with E-state index in [-0.39, 0.29) is 12.2 Å². The Kier molecular flexibility index (Phi) is 4.20. The smallest absolute Gasteiger partial charge is 0.150 e. The molecule has 0 fully saturated rings. The van der Waals surface area contributed by atoms with Crippen LogP contribution in [0.4, 0.5) is 20.2 Å². The molecule has 0 atom stereocenters. The van der Waals surface area contributed by atoms with Crippen molar-refractivity contribution in [3.05, 3.63) is 53.6 Å². The molecule has 0 bridgehead atoms. The minimum atomic E-state index is -0.643. The lowest BCUT2D eigenvalue weighted by atomic mass is 10.1. The summed E-state index contributed by atoms with van der Waals surface area (Å²) in [4.78, 5) is 1.44. The first-order valence-electron chi connectivity index (χ1n) is 6.12. The maximum absolute atomic E-state index is 14.0. The van der Waals surface area contributed by atoms with Crippen LogP contribution in [0.1, 0.15) is 5.56 Å². The molecule has 0 radical (unpaired) electrons. The highest BCUT2D eigenvalue weighted by Gasteiger charge is 2.16. The molecule has 20 heavy (non-hydrogen) atoms. The number of benzene rings is 2. The molecule has 0 heterocycles. The molecule has 5 heteroatoms. The van der Waals surface area contributed by atoms with E-state index in [0.29, 0.717) is 17.0 Å². The van der Waals surface area contributed by atoms with Gasteiger partial charge in [0.25, 0.3) is 0 Å². The Morgan fingerprint density at radius 3 is 2.35 bits per heavy atom. The summed E-state index contributed by atoms with van der Waals surface area (Å²) in [5.74, 6) is -0.666. The van der Waals surface area contributed by atoms with Gasteiger partial charge < -0.3 is 15.4 Å². The van der Waals surface area contributed by atoms with Crippen molar-refractivity contribution in [1.82, 2.24) is 0 Å². The van der Waals surface area contributed by atoms with E-state index in [1.807, 2.05) is 0 Å². The zero-order valence-corrected chi connectivity index (χ0v) is 11.4. The first-order valence-corrected chi connectivity index (χ1v) is 6.12. The highest BCUT2D eigenvalue weighted by molar-refractivity contribution is 5.65. The van der Waals surface area contributed by atoms with Crippen molar-refractivity contribution < 1.29 is 13.5 Å². The Balaban J connectivity index is 2.44. The molecule has 0 aliphatic heterocycles. The van der Waals surface area contributed by atoms with Crippen LogP contribution in [0.2, 0.25) is 0 Å². The normalized spacial score (nSPS) is 10.4. The van der Waals surface area contributed by atoms with E-state index in [0.717, 1.165) is 0 Å². The standard InChI is InChI=1S/C15H16F2N2O/c1-19(11-4-3-5-12(8-11)20-2)15-13(16)6-10(9-18)7-14(15)17/h3-8H,9,18H2,1-2H3. The van der Waals surface area contributed by atoms with Gasteiger partial charge in [-0.05, 0) is 29.8 Å². The fourth-order valence-electron chi connectivity index (χ4n) is 2.00. The van der Waals surface area contributed by atoms with Gasteiger partial charge in [-0.2, -0.15) is 0 Å². The molecule has 0 saturated carbocycles. The lowest BCUT2D eigenvalue weighted by Crippen LogP contribution is -2.14. The average molecular weight is 278 g/mol. The zero-order chi connectivity index (χ0) is 14.7. The maximum Gasteiger partial charge on any atom is 0.150 e. The Bertz CT molecular complexity index is 594. The van der Waals surface area contributed by atoms with Crippen molar-refractivity contribution in [2.45, 2.75) is 6.54 Å². The predicted molar refractivity (Wildman–Crippen MR) is 75.3 cm³/mol. The van der Waals surface area contributed by atoms with Crippen molar-refractivity contribution in [3.63, 3.8) is 0 Å². The van der Waals surface area contributed by atoms with E-state index < -0.39 is 11.6 Å². The van der Waals surface area contributed by atoms with Crippen LogP contribution in [0, 0.1) is 11.6 Å². The van der Waals surface area contributed by atoms with Gasteiger partial charge in [-0.15, -0.1) is 0 Å². The fourth-order valence-corrected chi connectivity index (χ4v) is 2.00. The van der Waals surface area contributed by atoms with Gasteiger partial charge in [0.15, 0.2) is 0 Å². The summed E-state index contributed by atoms with van der Waals surface area (Å²) < 4.78 is 33.2. The van der Waals surface area contributed by atoms with Crippen LogP contribution in [0.3, 0.4) is 0 Å². The number of methoxy groups -OCH3 is 1. The van der Waals surface area contributed by atoms with Gasteiger partial charge in [0.05, 0.1) is 7.11 Å². The van der Waals surface area contributed by atoms with Gasteiger partial charge in [0, 0.05) is 25.3 Å². The third kappa shape index (κ3) is 2.72. The molecule has 0 amide bonds. The van der Waals surface area contributed by atoms with Gasteiger partial charge in [0.2, 0.25) is 0 Å². The molecule has 0 aromatic heterocycles. The van der Waals surface area contributed by atoms with E-state index in [9.17, 15) is 8.78 Å². The third-order valence-electron chi connectivity index (χ3n) is 3.09. The summed E-state index contributed by atoms with van der Waals surface area (Å²) in [7, 11) is 3.13. The molecule has 0 saturated heterocycles. The van der Waals surface area contributed by atoms with Gasteiger partial charge in [-0.25, -0.2) is 8.78 Å². The summed E-state index contributed by atoms with van der Waals surface area (Å²) >= 11 is 0. The number of anilines is 2. The lowest BCUT2D eigenvalue weighted by Gasteiger charge is -2.21. The van der Waals surface area contributed by atoms with Crippen molar-refractivity contribution in [2.24, 2.45) is 5.73 Å². The molecule has 106 valence electrons. The first kappa shape index (κ1) is 14.3. The van der Waals surface area contributed by atoms with Gasteiger partial charge >= 0.3 is 0 Å². The Morgan fingerprint density at radius 1 is 1.15 bits per heavy atom. The van der Waals surface area contributed by atoms with Crippen molar-refractivity contribution >= 4 is 11.4 Å². The summed E-state index contributed by atoms with van der Waals surface area (Å²) in [6.45, 7) is 0.0942. The summed E-state index contributed by atoms with van der Waals surface area (Å²) in [6.07, 6.45) is 0. The second kappa shape index (κ2) is 5.88. The predicted octanol–water partition coefficient (Wildman–Crippen LogP) is 3.20. The molecule has 2 aromatic carbocycles. The molecule has 3 nitrogen and oxygen atoms in total. The molecule has 0 aliphatic carbocycles. The number of halogens is 2.